The van der Waals surface area contributed by atoms with Crippen molar-refractivity contribution < 1.29 is 19.1 Å². The van der Waals surface area contributed by atoms with Crippen LogP contribution in [0.15, 0.2) is 29.3 Å². The Morgan fingerprint density at radius 2 is 1.60 bits per heavy atom. The monoisotopic (exact) mass is 486 g/mol. The predicted octanol–water partition coefficient (Wildman–Crippen LogP) is 3.23. The molecule has 1 fully saturated rings. The van der Waals surface area contributed by atoms with Gasteiger partial charge in [0.1, 0.15) is 25.1 Å². The minimum Gasteiger partial charge on any atom is -0.451 e. The Morgan fingerprint density at radius 3 is 2.11 bits per heavy atom. The van der Waals surface area contributed by atoms with E-state index in [1.807, 2.05) is 13.6 Å². The van der Waals surface area contributed by atoms with E-state index in [2.05, 4.69) is 44.5 Å². The van der Waals surface area contributed by atoms with Gasteiger partial charge in [-0.25, -0.2) is 9.98 Å². The zero-order chi connectivity index (χ0) is 25.7. The summed E-state index contributed by atoms with van der Waals surface area (Å²) in [5.74, 6) is 1.88. The van der Waals surface area contributed by atoms with Crippen LogP contribution >= 0.6 is 0 Å². The highest BCUT2D eigenvalue weighted by atomic mass is 16.5. The molecule has 1 atom stereocenters. The molecule has 35 heavy (non-hydrogen) atoms. The van der Waals surface area contributed by atoms with Crippen molar-refractivity contribution >= 4 is 36.7 Å². The van der Waals surface area contributed by atoms with E-state index in [9.17, 15) is 4.79 Å². The number of nitrogens with two attached hydrogens (primary N) is 2. The highest BCUT2D eigenvalue weighted by Gasteiger charge is 2.26. The number of nitrogens with one attached hydrogen (secondary N) is 1. The third kappa shape index (κ3) is 8.90. The maximum Gasteiger partial charge on any atom is 0.247 e. The number of benzene rings is 1. The van der Waals surface area contributed by atoms with Crippen molar-refractivity contribution in [3.8, 4) is 5.88 Å². The number of hydrogen-bond donors (Lipinski definition) is 3. The summed E-state index contributed by atoms with van der Waals surface area (Å²) in [6.07, 6.45) is 5.91. The minimum atomic E-state index is -0.665. The number of aryl methyl sites for hydroxylation is 1. The fourth-order valence-electron chi connectivity index (χ4n) is 3.70. The van der Waals surface area contributed by atoms with E-state index in [4.69, 9.17) is 25.8 Å². The van der Waals surface area contributed by atoms with E-state index in [1.165, 1.54) is 44.6 Å². The molecule has 1 aromatic heterocycles. The number of nitrogen functional groups attached to an aromatic ring is 1. The van der Waals surface area contributed by atoms with Crippen LogP contribution in [0, 0.1) is 6.92 Å². The maximum absolute atomic E-state index is 9.70. The molecule has 1 saturated carbocycles. The van der Waals surface area contributed by atoms with Gasteiger partial charge in [0.15, 0.2) is 17.7 Å². The molecule has 4 rings (SSSR count). The molecule has 10 heteroatoms. The molecule has 1 aromatic carbocycles. The van der Waals surface area contributed by atoms with Gasteiger partial charge in [0, 0.05) is 19.5 Å². The van der Waals surface area contributed by atoms with Crippen LogP contribution in [0.3, 0.4) is 0 Å². The lowest BCUT2D eigenvalue weighted by Gasteiger charge is -2.24. The van der Waals surface area contributed by atoms with Crippen molar-refractivity contribution in [3.63, 3.8) is 0 Å². The van der Waals surface area contributed by atoms with Crippen molar-refractivity contribution in [2.24, 2.45) is 10.7 Å². The van der Waals surface area contributed by atoms with Gasteiger partial charge in [-0.15, -0.1) is 0 Å². The number of carbonyl (C=O) groups excluding carboxylic acids is 3. The Kier molecular flexibility index (Phi) is 14.4. The second-order valence-corrected chi connectivity index (χ2v) is 7.61. The Labute approximate surface area is 207 Å². The molecule has 1 aliphatic carbocycles. The van der Waals surface area contributed by atoms with Gasteiger partial charge < -0.3 is 25.4 Å². The number of ether oxygens (including phenoxy) is 1. The quantitative estimate of drug-likeness (QED) is 0.582. The fourth-order valence-corrected chi connectivity index (χ4v) is 3.70. The number of hydrogen-bond acceptors (Lipinski definition) is 9. The van der Waals surface area contributed by atoms with Crippen LogP contribution in [0.2, 0.25) is 0 Å². The topological polar surface area (TPSA) is 163 Å². The number of aromatic nitrogens is 2. The normalized spacial score (nSPS) is 15.9. The van der Waals surface area contributed by atoms with Gasteiger partial charge in [-0.2, -0.15) is 4.98 Å². The first kappa shape index (κ1) is 31.3. The lowest BCUT2D eigenvalue weighted by atomic mass is 9.84. The number of rotatable bonds is 2. The van der Waals surface area contributed by atoms with Crippen LogP contribution in [-0.2, 0) is 14.4 Å². The number of fused-ring (bicyclic) bond motifs is 1. The molecule has 1 unspecified atom stereocenters. The van der Waals surface area contributed by atoms with Gasteiger partial charge in [-0.3, -0.25) is 10.5 Å². The number of anilines is 1. The summed E-state index contributed by atoms with van der Waals surface area (Å²) in [6.45, 7) is 7.23. The average Bonchev–Trinajstić information content (AvgIpc) is 2.87. The molecule has 5 N–H and O–H groups in total. The number of carbonyl (C=O) groups is 3. The van der Waals surface area contributed by atoms with Crippen molar-refractivity contribution in [1.82, 2.24) is 15.3 Å². The SMILES string of the molecule is C.C=O.C=O.CNC(C)=O.Cc1nc(N)c2c(n1)OC(N)C(c1ccc(C3CCCCC3)cc1)=N2. The predicted molar refractivity (Wildman–Crippen MR) is 139 cm³/mol. The summed E-state index contributed by atoms with van der Waals surface area (Å²) < 4.78 is 5.72. The summed E-state index contributed by atoms with van der Waals surface area (Å²) in [5, 5.41) is 2.39. The first-order valence-corrected chi connectivity index (χ1v) is 10.9. The molecule has 0 bridgehead atoms. The molecule has 2 heterocycles. The molecule has 0 radical (unpaired) electrons. The first-order chi connectivity index (χ1) is 16.4. The Balaban J connectivity index is 0.00000102. The van der Waals surface area contributed by atoms with Gasteiger partial charge in [-0.1, -0.05) is 51.0 Å². The van der Waals surface area contributed by atoms with Crippen molar-refractivity contribution in [3.05, 3.63) is 41.2 Å². The van der Waals surface area contributed by atoms with E-state index in [0.29, 0.717) is 34.8 Å². The zero-order valence-electron chi connectivity index (χ0n) is 20.0. The van der Waals surface area contributed by atoms with E-state index in [-0.39, 0.29) is 13.3 Å². The first-order valence-electron chi connectivity index (χ1n) is 10.9. The van der Waals surface area contributed by atoms with Gasteiger partial charge >= 0.3 is 0 Å². The van der Waals surface area contributed by atoms with Crippen molar-refractivity contribution in [2.75, 3.05) is 12.8 Å². The van der Waals surface area contributed by atoms with Gasteiger partial charge in [0.05, 0.1) is 0 Å². The fraction of sp³-hybridized carbons (Fsp3) is 0.440. The zero-order valence-corrected chi connectivity index (χ0v) is 20.0. The lowest BCUT2D eigenvalue weighted by Crippen LogP contribution is -2.39. The molecule has 192 valence electrons. The summed E-state index contributed by atoms with van der Waals surface area (Å²) in [7, 11) is 1.60. The van der Waals surface area contributed by atoms with Crippen LogP contribution in [0.4, 0.5) is 11.5 Å². The summed E-state index contributed by atoms with van der Waals surface area (Å²) in [6, 6.07) is 8.51. The molecule has 2 aromatic rings. The third-order valence-corrected chi connectivity index (χ3v) is 5.37. The Bertz CT molecular complexity index is 957. The molecule has 0 saturated heterocycles. The van der Waals surface area contributed by atoms with Gasteiger partial charge in [-0.05, 0) is 31.2 Å². The Hall–Kier alpha value is -3.66. The molecule has 10 nitrogen and oxygen atoms in total. The highest BCUT2D eigenvalue weighted by Crippen LogP contribution is 2.36. The van der Waals surface area contributed by atoms with E-state index >= 15 is 0 Å². The summed E-state index contributed by atoms with van der Waals surface area (Å²) >= 11 is 0. The number of amides is 1. The standard InChI is InChI=1S/C19H23N5O.C3H7NO.2CH2O.CH4/c1-11-22-17(20)16-19(23-11)25-18(21)15(24-16)14-9-7-13(8-10-14)12-5-3-2-4-6-12;1-3(5)4-2;2*1-2;/h7-10,12,18H,2-6,21H2,1H3,(H2,20,22,23);1-2H3,(H,4,5);2*1H2;1H4. The molecule has 2 aliphatic rings. The number of aliphatic imine (C=N–C) groups is 1. The van der Waals surface area contributed by atoms with Crippen LogP contribution < -0.4 is 21.5 Å². The van der Waals surface area contributed by atoms with Crippen LogP contribution in [-0.4, -0.2) is 48.4 Å². The summed E-state index contributed by atoms with van der Waals surface area (Å²) in [4.78, 5) is 38.7. The van der Waals surface area contributed by atoms with Gasteiger partial charge in [0.25, 0.3) is 0 Å². The van der Waals surface area contributed by atoms with Crippen LogP contribution in [0.1, 0.15) is 69.3 Å². The smallest absolute Gasteiger partial charge is 0.247 e. The van der Waals surface area contributed by atoms with Crippen LogP contribution in [0.5, 0.6) is 5.88 Å². The molecule has 1 aliphatic heterocycles. The molecular formula is C25H38N6O4. The summed E-state index contributed by atoms with van der Waals surface area (Å²) in [5.41, 5.74) is 15.6. The van der Waals surface area contributed by atoms with E-state index in [0.717, 1.165) is 5.56 Å². The average molecular weight is 487 g/mol. The highest BCUT2D eigenvalue weighted by molar-refractivity contribution is 6.06. The van der Waals surface area contributed by atoms with E-state index in [1.54, 1.807) is 14.0 Å². The van der Waals surface area contributed by atoms with Crippen molar-refractivity contribution in [1.29, 1.82) is 0 Å². The lowest BCUT2D eigenvalue weighted by molar-refractivity contribution is -0.118. The second-order valence-electron chi connectivity index (χ2n) is 7.61. The molecular weight excluding hydrogens is 448 g/mol. The maximum atomic E-state index is 9.70. The Morgan fingerprint density at radius 1 is 1.06 bits per heavy atom. The largest absolute Gasteiger partial charge is 0.451 e. The van der Waals surface area contributed by atoms with E-state index < -0.39 is 6.23 Å². The minimum absolute atomic E-state index is 0. The second kappa shape index (κ2) is 16.0. The van der Waals surface area contributed by atoms with Gasteiger partial charge in [0.2, 0.25) is 11.8 Å². The van der Waals surface area contributed by atoms with Crippen molar-refractivity contribution in [2.45, 2.75) is 65.5 Å². The number of nitrogens with zero attached hydrogens (tertiary/aromatic N) is 3. The van der Waals surface area contributed by atoms with Crippen LogP contribution in [0.25, 0.3) is 0 Å². The molecule has 1 amide bonds. The third-order valence-electron chi connectivity index (χ3n) is 5.37. The molecule has 0 spiro atoms.